The molecule has 0 atom stereocenters. The van der Waals surface area contributed by atoms with Gasteiger partial charge in [-0.15, -0.1) is 0 Å². The van der Waals surface area contributed by atoms with Crippen molar-refractivity contribution >= 4 is 35.2 Å². The van der Waals surface area contributed by atoms with Gasteiger partial charge >= 0.3 is 5.97 Å². The maximum Gasteiger partial charge on any atom is 0.338 e. The van der Waals surface area contributed by atoms with E-state index in [4.69, 9.17) is 4.74 Å². The van der Waals surface area contributed by atoms with E-state index in [1.54, 1.807) is 54.6 Å². The number of para-hydroxylation sites is 1. The zero-order valence-corrected chi connectivity index (χ0v) is 17.5. The molecule has 3 amide bonds. The van der Waals surface area contributed by atoms with Crippen LogP contribution in [0.25, 0.3) is 0 Å². The van der Waals surface area contributed by atoms with Crippen molar-refractivity contribution in [1.29, 1.82) is 0 Å². The molecule has 0 fully saturated rings. The van der Waals surface area contributed by atoms with Crippen LogP contribution in [0.2, 0.25) is 0 Å². The Balaban J connectivity index is 1.42. The van der Waals surface area contributed by atoms with Gasteiger partial charge in [-0.1, -0.05) is 42.5 Å². The van der Waals surface area contributed by atoms with Gasteiger partial charge in [0.1, 0.15) is 0 Å². The maximum absolute atomic E-state index is 12.8. The lowest BCUT2D eigenvalue weighted by Gasteiger charge is -2.11. The summed E-state index contributed by atoms with van der Waals surface area (Å²) >= 11 is 0. The van der Waals surface area contributed by atoms with E-state index in [1.165, 1.54) is 25.2 Å². The van der Waals surface area contributed by atoms with Crippen LogP contribution in [-0.2, 0) is 9.53 Å². The minimum Gasteiger partial charge on any atom is -0.452 e. The number of nitrogens with one attached hydrogen (secondary N) is 1. The highest BCUT2D eigenvalue weighted by molar-refractivity contribution is 6.21. The maximum atomic E-state index is 12.8. The molecule has 0 bridgehead atoms. The number of amides is 3. The Labute approximate surface area is 188 Å². The van der Waals surface area contributed by atoms with E-state index in [1.807, 2.05) is 0 Å². The van der Waals surface area contributed by atoms with Crippen LogP contribution in [-0.4, -0.2) is 48.0 Å². The van der Waals surface area contributed by atoms with E-state index in [0.29, 0.717) is 11.1 Å². The Morgan fingerprint density at radius 3 is 2.24 bits per heavy atom. The third kappa shape index (κ3) is 4.27. The fourth-order valence-corrected chi connectivity index (χ4v) is 3.42. The van der Waals surface area contributed by atoms with Crippen molar-refractivity contribution in [3.63, 3.8) is 0 Å². The molecule has 0 spiro atoms. The number of rotatable bonds is 6. The Bertz CT molecular complexity index is 1300. The number of carbonyl (C=O) groups is 5. The third-order valence-electron chi connectivity index (χ3n) is 5.14. The molecule has 3 aromatic rings. The summed E-state index contributed by atoms with van der Waals surface area (Å²) in [4.78, 5) is 62.5. The molecule has 4 rings (SSSR count). The second kappa shape index (κ2) is 8.88. The molecule has 0 unspecified atom stereocenters. The van der Waals surface area contributed by atoms with E-state index in [9.17, 15) is 24.0 Å². The summed E-state index contributed by atoms with van der Waals surface area (Å²) in [5.74, 6) is -2.67. The fourth-order valence-electron chi connectivity index (χ4n) is 3.42. The molecule has 8 heteroatoms. The Hall–Kier alpha value is -4.59. The summed E-state index contributed by atoms with van der Waals surface area (Å²) in [5.41, 5.74) is 1.41. The molecule has 1 N–H and O–H groups in total. The van der Waals surface area contributed by atoms with Gasteiger partial charge in [-0.2, -0.15) is 0 Å². The summed E-state index contributed by atoms with van der Waals surface area (Å²) in [6.07, 6.45) is 0. The molecule has 0 aliphatic carbocycles. The molecule has 0 radical (unpaired) electrons. The third-order valence-corrected chi connectivity index (χ3v) is 5.14. The number of nitrogens with zero attached hydrogens (tertiary/aromatic N) is 1. The van der Waals surface area contributed by atoms with Crippen LogP contribution in [0.15, 0.2) is 72.8 Å². The van der Waals surface area contributed by atoms with Crippen LogP contribution >= 0.6 is 0 Å². The molecular formula is C25H18N2O6. The van der Waals surface area contributed by atoms with E-state index in [-0.39, 0.29) is 28.2 Å². The highest BCUT2D eigenvalue weighted by atomic mass is 16.5. The Morgan fingerprint density at radius 2 is 1.48 bits per heavy atom. The molecule has 1 aliphatic rings. The quantitative estimate of drug-likeness (QED) is 0.357. The van der Waals surface area contributed by atoms with Gasteiger partial charge in [0.15, 0.2) is 12.4 Å². The molecule has 3 aromatic carbocycles. The Kier molecular flexibility index (Phi) is 5.82. The normalized spacial score (nSPS) is 12.3. The van der Waals surface area contributed by atoms with Crippen LogP contribution < -0.4 is 5.32 Å². The first kappa shape index (κ1) is 21.6. The summed E-state index contributed by atoms with van der Waals surface area (Å²) in [5, 5.41) is 2.59. The lowest BCUT2D eigenvalue weighted by atomic mass is 10.0. The van der Waals surface area contributed by atoms with Crippen molar-refractivity contribution < 1.29 is 28.7 Å². The number of ether oxygens (including phenoxy) is 1. The van der Waals surface area contributed by atoms with Gasteiger partial charge in [-0.25, -0.2) is 4.79 Å². The van der Waals surface area contributed by atoms with Crippen molar-refractivity contribution in [2.24, 2.45) is 0 Å². The smallest absolute Gasteiger partial charge is 0.338 e. The first-order valence-corrected chi connectivity index (χ1v) is 9.99. The first-order chi connectivity index (χ1) is 15.9. The molecule has 0 aromatic heterocycles. The largest absolute Gasteiger partial charge is 0.452 e. The summed E-state index contributed by atoms with van der Waals surface area (Å²) in [7, 11) is 1.35. The second-order valence-electron chi connectivity index (χ2n) is 7.29. The number of hydrogen-bond acceptors (Lipinski definition) is 6. The van der Waals surface area contributed by atoms with E-state index >= 15 is 0 Å². The van der Waals surface area contributed by atoms with Gasteiger partial charge in [-0.3, -0.25) is 24.1 Å². The van der Waals surface area contributed by atoms with E-state index in [2.05, 4.69) is 5.32 Å². The standard InChI is InChI=1S/C25H18N2O6/c1-27-23(30)17-12-11-16(13-19(17)24(27)31)25(32)33-14-21(28)26-20-10-6-5-9-18(20)22(29)15-7-3-2-4-8-15/h2-13H,14H2,1H3,(H,26,28). The number of anilines is 1. The van der Waals surface area contributed by atoms with Crippen molar-refractivity contribution in [2.45, 2.75) is 0 Å². The summed E-state index contributed by atoms with van der Waals surface area (Å²) in [6, 6.07) is 19.2. The highest BCUT2D eigenvalue weighted by Crippen LogP contribution is 2.23. The number of carbonyl (C=O) groups excluding carboxylic acids is 5. The molecule has 0 saturated carbocycles. The minimum atomic E-state index is -0.823. The molecule has 0 saturated heterocycles. The van der Waals surface area contributed by atoms with Crippen molar-refractivity contribution in [3.05, 3.63) is 101 Å². The van der Waals surface area contributed by atoms with Crippen LogP contribution in [0.5, 0.6) is 0 Å². The van der Waals surface area contributed by atoms with Gasteiger partial charge < -0.3 is 10.1 Å². The zero-order chi connectivity index (χ0) is 23.5. The number of esters is 1. The molecule has 1 heterocycles. The number of imide groups is 1. The molecular weight excluding hydrogens is 424 g/mol. The van der Waals surface area contributed by atoms with Gasteiger partial charge in [0.25, 0.3) is 17.7 Å². The van der Waals surface area contributed by atoms with Crippen molar-refractivity contribution in [2.75, 3.05) is 19.0 Å². The summed E-state index contributed by atoms with van der Waals surface area (Å²) < 4.78 is 5.05. The number of benzene rings is 3. The topological polar surface area (TPSA) is 110 Å². The highest BCUT2D eigenvalue weighted by Gasteiger charge is 2.33. The molecule has 33 heavy (non-hydrogen) atoms. The monoisotopic (exact) mass is 442 g/mol. The van der Waals surface area contributed by atoms with E-state index in [0.717, 1.165) is 4.90 Å². The average molecular weight is 442 g/mol. The van der Waals surface area contributed by atoms with Crippen LogP contribution in [0, 0.1) is 0 Å². The first-order valence-electron chi connectivity index (χ1n) is 9.99. The van der Waals surface area contributed by atoms with Gasteiger partial charge in [0.05, 0.1) is 22.4 Å². The number of ketones is 1. The Morgan fingerprint density at radius 1 is 0.818 bits per heavy atom. The predicted molar refractivity (Wildman–Crippen MR) is 118 cm³/mol. The van der Waals surface area contributed by atoms with Crippen LogP contribution in [0.1, 0.15) is 47.0 Å². The predicted octanol–water partition coefficient (Wildman–Crippen LogP) is 2.94. The second-order valence-corrected chi connectivity index (χ2v) is 7.29. The van der Waals surface area contributed by atoms with Crippen molar-refractivity contribution in [1.82, 2.24) is 4.90 Å². The van der Waals surface area contributed by atoms with Gasteiger partial charge in [0, 0.05) is 18.2 Å². The molecule has 1 aliphatic heterocycles. The van der Waals surface area contributed by atoms with Gasteiger partial charge in [0.2, 0.25) is 0 Å². The minimum absolute atomic E-state index is 0.0395. The van der Waals surface area contributed by atoms with Crippen molar-refractivity contribution in [3.8, 4) is 0 Å². The van der Waals surface area contributed by atoms with Crippen LogP contribution in [0.4, 0.5) is 5.69 Å². The van der Waals surface area contributed by atoms with E-state index < -0.39 is 30.3 Å². The molecule has 8 nitrogen and oxygen atoms in total. The lowest BCUT2D eigenvalue weighted by molar-refractivity contribution is -0.119. The molecule has 164 valence electrons. The fraction of sp³-hybridized carbons (Fsp3) is 0.0800. The average Bonchev–Trinajstić information content (AvgIpc) is 3.06. The lowest BCUT2D eigenvalue weighted by Crippen LogP contribution is -2.24. The summed E-state index contributed by atoms with van der Waals surface area (Å²) in [6.45, 7) is -0.601. The zero-order valence-electron chi connectivity index (χ0n) is 17.5. The van der Waals surface area contributed by atoms with Crippen LogP contribution in [0.3, 0.4) is 0 Å². The SMILES string of the molecule is CN1C(=O)c2ccc(C(=O)OCC(=O)Nc3ccccc3C(=O)c3ccccc3)cc2C1=O. The number of fused-ring (bicyclic) bond motifs is 1. The number of hydrogen-bond donors (Lipinski definition) is 1. The van der Waals surface area contributed by atoms with Gasteiger partial charge in [-0.05, 0) is 30.3 Å².